The van der Waals surface area contributed by atoms with Crippen molar-refractivity contribution in [2.24, 2.45) is 5.92 Å². The van der Waals surface area contributed by atoms with E-state index < -0.39 is 11.9 Å². The fraction of sp³-hybridized carbons (Fsp3) is 0.467. The molecular weight excluding hydrogens is 256 g/mol. The molecule has 0 bridgehead atoms. The molecule has 5 nitrogen and oxygen atoms in total. The van der Waals surface area contributed by atoms with Gasteiger partial charge in [0.1, 0.15) is 0 Å². The number of aryl methyl sites for hydroxylation is 2. The van der Waals surface area contributed by atoms with Gasteiger partial charge in [-0.2, -0.15) is 0 Å². The molecule has 0 heterocycles. The van der Waals surface area contributed by atoms with Gasteiger partial charge in [-0.3, -0.25) is 4.79 Å². The second-order valence-electron chi connectivity index (χ2n) is 5.04. The van der Waals surface area contributed by atoms with Gasteiger partial charge < -0.3 is 15.7 Å². The van der Waals surface area contributed by atoms with Crippen LogP contribution in [-0.4, -0.2) is 23.7 Å². The highest BCUT2D eigenvalue weighted by Crippen LogP contribution is 2.13. The third-order valence-electron chi connectivity index (χ3n) is 2.97. The molecule has 0 aromatic heterocycles. The van der Waals surface area contributed by atoms with Crippen LogP contribution in [0, 0.1) is 19.8 Å². The maximum absolute atomic E-state index is 11.8. The fourth-order valence-electron chi connectivity index (χ4n) is 2.10. The third-order valence-corrected chi connectivity index (χ3v) is 2.97. The molecule has 5 heteroatoms. The van der Waals surface area contributed by atoms with Crippen LogP contribution in [-0.2, 0) is 4.79 Å². The standard InChI is InChI=1S/C15H22N2O3/c1-4-5-12(14(18)19)9-16-15(20)17-13-7-10(2)6-11(3)8-13/h6-8,12H,4-5,9H2,1-3H3,(H,18,19)(H2,16,17,20). The largest absolute Gasteiger partial charge is 0.481 e. The van der Waals surface area contributed by atoms with Crippen molar-refractivity contribution in [3.8, 4) is 0 Å². The van der Waals surface area contributed by atoms with Crippen molar-refractivity contribution in [3.63, 3.8) is 0 Å². The Bertz CT molecular complexity index is 466. The lowest BCUT2D eigenvalue weighted by atomic mass is 10.0. The summed E-state index contributed by atoms with van der Waals surface area (Å²) in [4.78, 5) is 22.7. The maximum atomic E-state index is 11.8. The van der Waals surface area contributed by atoms with Crippen LogP contribution >= 0.6 is 0 Å². The molecule has 2 amide bonds. The lowest BCUT2D eigenvalue weighted by molar-refractivity contribution is -0.141. The Labute approximate surface area is 119 Å². The number of anilines is 1. The van der Waals surface area contributed by atoms with Gasteiger partial charge in [0.05, 0.1) is 5.92 Å². The van der Waals surface area contributed by atoms with E-state index in [0.717, 1.165) is 17.5 Å². The predicted octanol–water partition coefficient (Wildman–Crippen LogP) is 2.93. The molecule has 0 aliphatic heterocycles. The summed E-state index contributed by atoms with van der Waals surface area (Å²) >= 11 is 0. The highest BCUT2D eigenvalue weighted by Gasteiger charge is 2.17. The molecule has 0 saturated carbocycles. The molecule has 3 N–H and O–H groups in total. The first kappa shape index (κ1) is 16.0. The zero-order valence-electron chi connectivity index (χ0n) is 12.2. The van der Waals surface area contributed by atoms with E-state index in [4.69, 9.17) is 5.11 Å². The quantitative estimate of drug-likeness (QED) is 0.748. The number of aliphatic carboxylic acids is 1. The Morgan fingerprint density at radius 1 is 1.20 bits per heavy atom. The molecule has 1 aromatic rings. The summed E-state index contributed by atoms with van der Waals surface area (Å²) in [5, 5.41) is 14.3. The van der Waals surface area contributed by atoms with E-state index in [9.17, 15) is 9.59 Å². The first-order valence-electron chi connectivity index (χ1n) is 6.78. The fourth-order valence-corrected chi connectivity index (χ4v) is 2.10. The molecule has 0 fully saturated rings. The van der Waals surface area contributed by atoms with Crippen molar-refractivity contribution in [1.82, 2.24) is 5.32 Å². The zero-order chi connectivity index (χ0) is 15.1. The van der Waals surface area contributed by atoms with Crippen molar-refractivity contribution in [3.05, 3.63) is 29.3 Å². The van der Waals surface area contributed by atoms with Gasteiger partial charge in [0.25, 0.3) is 0 Å². The van der Waals surface area contributed by atoms with Gasteiger partial charge in [0, 0.05) is 12.2 Å². The lowest BCUT2D eigenvalue weighted by Gasteiger charge is -2.13. The van der Waals surface area contributed by atoms with Crippen molar-refractivity contribution in [1.29, 1.82) is 0 Å². The third kappa shape index (κ3) is 5.30. The van der Waals surface area contributed by atoms with Gasteiger partial charge in [-0.25, -0.2) is 4.79 Å². The minimum atomic E-state index is -0.876. The van der Waals surface area contributed by atoms with Gasteiger partial charge in [0.2, 0.25) is 0 Å². The van der Waals surface area contributed by atoms with E-state index in [1.165, 1.54) is 0 Å². The maximum Gasteiger partial charge on any atom is 0.319 e. The van der Waals surface area contributed by atoms with Crippen LogP contribution in [0.3, 0.4) is 0 Å². The number of hydrogen-bond donors (Lipinski definition) is 3. The monoisotopic (exact) mass is 278 g/mol. The van der Waals surface area contributed by atoms with Crippen molar-refractivity contribution in [2.45, 2.75) is 33.6 Å². The first-order chi connectivity index (χ1) is 9.42. The van der Waals surface area contributed by atoms with Crippen molar-refractivity contribution >= 4 is 17.7 Å². The summed E-state index contributed by atoms with van der Waals surface area (Å²) < 4.78 is 0. The van der Waals surface area contributed by atoms with Gasteiger partial charge >= 0.3 is 12.0 Å². The molecule has 1 rings (SSSR count). The Morgan fingerprint density at radius 3 is 2.30 bits per heavy atom. The summed E-state index contributed by atoms with van der Waals surface area (Å²) in [6.07, 6.45) is 1.33. The highest BCUT2D eigenvalue weighted by atomic mass is 16.4. The number of carbonyl (C=O) groups is 2. The minimum absolute atomic E-state index is 0.139. The van der Waals surface area contributed by atoms with Gasteiger partial charge in [-0.1, -0.05) is 19.4 Å². The molecule has 0 radical (unpaired) electrons. The molecule has 1 atom stereocenters. The van der Waals surface area contributed by atoms with E-state index in [1.54, 1.807) is 0 Å². The summed E-state index contributed by atoms with van der Waals surface area (Å²) in [5.41, 5.74) is 2.84. The first-order valence-corrected chi connectivity index (χ1v) is 6.78. The molecule has 110 valence electrons. The Morgan fingerprint density at radius 2 is 1.80 bits per heavy atom. The Kier molecular flexibility index (Phi) is 6.03. The Hall–Kier alpha value is -2.04. The number of carboxylic acids is 1. The molecule has 0 saturated heterocycles. The number of carboxylic acid groups (broad SMARTS) is 1. The predicted molar refractivity (Wildman–Crippen MR) is 79.0 cm³/mol. The molecule has 0 aliphatic rings. The van der Waals surface area contributed by atoms with Crippen LogP contribution in [0.4, 0.5) is 10.5 Å². The van der Waals surface area contributed by atoms with Crippen LogP contribution in [0.1, 0.15) is 30.9 Å². The minimum Gasteiger partial charge on any atom is -0.481 e. The summed E-state index contributed by atoms with van der Waals surface area (Å²) in [6.45, 7) is 5.97. The zero-order valence-corrected chi connectivity index (χ0v) is 12.2. The number of rotatable bonds is 6. The SMILES string of the molecule is CCCC(CNC(=O)Nc1cc(C)cc(C)c1)C(=O)O. The second kappa shape index (κ2) is 7.53. The second-order valence-corrected chi connectivity index (χ2v) is 5.04. The molecule has 20 heavy (non-hydrogen) atoms. The number of hydrogen-bond acceptors (Lipinski definition) is 2. The number of amides is 2. The van der Waals surface area contributed by atoms with E-state index in [-0.39, 0.29) is 12.6 Å². The van der Waals surface area contributed by atoms with E-state index in [2.05, 4.69) is 10.6 Å². The van der Waals surface area contributed by atoms with E-state index >= 15 is 0 Å². The van der Waals surface area contributed by atoms with Gasteiger partial charge in [-0.15, -0.1) is 0 Å². The van der Waals surface area contributed by atoms with Gasteiger partial charge in [-0.05, 0) is 43.5 Å². The summed E-state index contributed by atoms with van der Waals surface area (Å²) in [6, 6.07) is 5.38. The number of nitrogens with one attached hydrogen (secondary N) is 2. The summed E-state index contributed by atoms with van der Waals surface area (Å²) in [7, 11) is 0. The summed E-state index contributed by atoms with van der Waals surface area (Å²) in [5.74, 6) is -1.41. The van der Waals surface area contributed by atoms with Crippen LogP contribution in [0.25, 0.3) is 0 Å². The molecule has 1 unspecified atom stereocenters. The average Bonchev–Trinajstić information content (AvgIpc) is 2.32. The normalized spacial score (nSPS) is 11.8. The van der Waals surface area contributed by atoms with Crippen molar-refractivity contribution in [2.75, 3.05) is 11.9 Å². The van der Waals surface area contributed by atoms with E-state index in [0.29, 0.717) is 12.1 Å². The molecule has 0 spiro atoms. The van der Waals surface area contributed by atoms with Crippen molar-refractivity contribution < 1.29 is 14.7 Å². The Balaban J connectivity index is 2.52. The van der Waals surface area contributed by atoms with Crippen LogP contribution < -0.4 is 10.6 Å². The topological polar surface area (TPSA) is 78.4 Å². The number of carbonyl (C=O) groups excluding carboxylic acids is 1. The van der Waals surface area contributed by atoms with Crippen LogP contribution in [0.15, 0.2) is 18.2 Å². The average molecular weight is 278 g/mol. The lowest BCUT2D eigenvalue weighted by Crippen LogP contribution is -2.35. The molecule has 0 aliphatic carbocycles. The molecular formula is C15H22N2O3. The smallest absolute Gasteiger partial charge is 0.319 e. The highest BCUT2D eigenvalue weighted by molar-refractivity contribution is 5.89. The van der Waals surface area contributed by atoms with Crippen LogP contribution in [0.5, 0.6) is 0 Å². The van der Waals surface area contributed by atoms with Gasteiger partial charge in [0.15, 0.2) is 0 Å². The molecule has 1 aromatic carbocycles. The number of urea groups is 1. The van der Waals surface area contributed by atoms with Crippen LogP contribution in [0.2, 0.25) is 0 Å². The number of benzene rings is 1. The van der Waals surface area contributed by atoms with E-state index in [1.807, 2.05) is 39.0 Å².